The van der Waals surface area contributed by atoms with Crippen LogP contribution in [-0.4, -0.2) is 21.5 Å². The molecular formula is C12H14N2OS. The van der Waals surface area contributed by atoms with Crippen LogP contribution in [0.4, 0.5) is 0 Å². The second-order valence-electron chi connectivity index (χ2n) is 3.64. The van der Waals surface area contributed by atoms with Crippen molar-refractivity contribution in [1.29, 1.82) is 0 Å². The predicted molar refractivity (Wildman–Crippen MR) is 66.7 cm³/mol. The molecule has 2 aromatic rings. The highest BCUT2D eigenvalue weighted by molar-refractivity contribution is 7.99. The minimum atomic E-state index is 0.285. The molecule has 3 nitrogen and oxygen atoms in total. The van der Waals surface area contributed by atoms with E-state index in [1.54, 1.807) is 0 Å². The first-order valence-corrected chi connectivity index (χ1v) is 6.37. The van der Waals surface area contributed by atoms with Gasteiger partial charge in [-0.15, -0.1) is 0 Å². The van der Waals surface area contributed by atoms with E-state index in [1.165, 1.54) is 11.8 Å². The number of hydrogen-bond donors (Lipinski definition) is 1. The van der Waals surface area contributed by atoms with Crippen molar-refractivity contribution < 1.29 is 4.79 Å². The number of Topliss-reactive ketones (excluding diaryl/α,β-unsaturated/α-hetero) is 1. The van der Waals surface area contributed by atoms with Crippen LogP contribution in [0.25, 0.3) is 11.0 Å². The van der Waals surface area contributed by atoms with E-state index in [9.17, 15) is 4.79 Å². The van der Waals surface area contributed by atoms with Gasteiger partial charge in [-0.05, 0) is 18.6 Å². The van der Waals surface area contributed by atoms with Crippen LogP contribution in [0.1, 0.15) is 19.8 Å². The van der Waals surface area contributed by atoms with E-state index >= 15 is 0 Å². The maximum absolute atomic E-state index is 11.4. The smallest absolute Gasteiger partial charge is 0.166 e. The molecule has 0 atom stereocenters. The molecule has 0 fully saturated rings. The van der Waals surface area contributed by atoms with Gasteiger partial charge in [0.25, 0.3) is 0 Å². The minimum Gasteiger partial charge on any atom is -0.333 e. The lowest BCUT2D eigenvalue weighted by Gasteiger charge is -1.95. The van der Waals surface area contributed by atoms with Crippen LogP contribution in [0.2, 0.25) is 0 Å². The Kier molecular flexibility index (Phi) is 3.62. The van der Waals surface area contributed by atoms with Crippen LogP contribution in [0, 0.1) is 0 Å². The van der Waals surface area contributed by atoms with Crippen molar-refractivity contribution in [3.63, 3.8) is 0 Å². The largest absolute Gasteiger partial charge is 0.333 e. The molecule has 1 heterocycles. The monoisotopic (exact) mass is 234 g/mol. The SMILES string of the molecule is CCCC(=O)CSc1nc2ccccc2[nH]1. The van der Waals surface area contributed by atoms with E-state index in [1.807, 2.05) is 31.2 Å². The van der Waals surface area contributed by atoms with Crippen LogP contribution in [0.3, 0.4) is 0 Å². The van der Waals surface area contributed by atoms with Gasteiger partial charge in [0.15, 0.2) is 5.16 Å². The number of rotatable bonds is 5. The molecule has 0 saturated carbocycles. The number of H-pyrrole nitrogens is 1. The number of ketones is 1. The van der Waals surface area contributed by atoms with Crippen LogP contribution in [-0.2, 0) is 4.79 Å². The topological polar surface area (TPSA) is 45.8 Å². The standard InChI is InChI=1S/C12H14N2OS/c1-2-5-9(15)8-16-12-13-10-6-3-4-7-11(10)14-12/h3-4,6-7H,2,5,8H2,1H3,(H,13,14). The average molecular weight is 234 g/mol. The van der Waals surface area contributed by atoms with E-state index in [0.717, 1.165) is 22.6 Å². The lowest BCUT2D eigenvalue weighted by molar-refractivity contribution is -0.116. The molecule has 0 aliphatic heterocycles. The number of hydrogen-bond acceptors (Lipinski definition) is 3. The zero-order valence-corrected chi connectivity index (χ0v) is 10.0. The Balaban J connectivity index is 2.02. The van der Waals surface area contributed by atoms with E-state index in [-0.39, 0.29) is 5.78 Å². The quantitative estimate of drug-likeness (QED) is 0.809. The first kappa shape index (κ1) is 11.2. The summed E-state index contributed by atoms with van der Waals surface area (Å²) in [7, 11) is 0. The first-order chi connectivity index (χ1) is 7.79. The number of nitrogens with one attached hydrogen (secondary N) is 1. The Morgan fingerprint density at radius 1 is 1.44 bits per heavy atom. The van der Waals surface area contributed by atoms with Gasteiger partial charge in [-0.1, -0.05) is 30.8 Å². The molecule has 0 aliphatic rings. The highest BCUT2D eigenvalue weighted by Gasteiger charge is 2.05. The maximum Gasteiger partial charge on any atom is 0.166 e. The third-order valence-electron chi connectivity index (χ3n) is 2.27. The zero-order chi connectivity index (χ0) is 11.4. The fourth-order valence-electron chi connectivity index (χ4n) is 1.50. The Labute approximate surface area is 98.7 Å². The summed E-state index contributed by atoms with van der Waals surface area (Å²) in [5.74, 6) is 0.793. The molecule has 0 radical (unpaired) electrons. The van der Waals surface area contributed by atoms with Crippen molar-refractivity contribution in [3.8, 4) is 0 Å². The molecule has 0 unspecified atom stereocenters. The van der Waals surface area contributed by atoms with Crippen LogP contribution < -0.4 is 0 Å². The molecule has 84 valence electrons. The number of nitrogens with zero attached hydrogens (tertiary/aromatic N) is 1. The van der Waals surface area contributed by atoms with Crippen molar-refractivity contribution in [2.24, 2.45) is 0 Å². The van der Waals surface area contributed by atoms with Gasteiger partial charge in [-0.2, -0.15) is 0 Å². The molecule has 2 rings (SSSR count). The number of benzene rings is 1. The fourth-order valence-corrected chi connectivity index (χ4v) is 2.28. The van der Waals surface area contributed by atoms with E-state index < -0.39 is 0 Å². The summed E-state index contributed by atoms with van der Waals surface area (Å²) in [5.41, 5.74) is 1.97. The zero-order valence-electron chi connectivity index (χ0n) is 9.19. The number of imidazole rings is 1. The number of carbonyl (C=O) groups excluding carboxylic acids is 1. The molecule has 0 bridgehead atoms. The van der Waals surface area contributed by atoms with E-state index in [4.69, 9.17) is 0 Å². The summed E-state index contributed by atoms with van der Waals surface area (Å²) >= 11 is 1.48. The summed E-state index contributed by atoms with van der Waals surface area (Å²) in [6.07, 6.45) is 1.58. The third-order valence-corrected chi connectivity index (χ3v) is 3.20. The van der Waals surface area contributed by atoms with Gasteiger partial charge >= 0.3 is 0 Å². The van der Waals surface area contributed by atoms with Gasteiger partial charge < -0.3 is 4.98 Å². The molecule has 4 heteroatoms. The number of aromatic amines is 1. The highest BCUT2D eigenvalue weighted by Crippen LogP contribution is 2.19. The van der Waals surface area contributed by atoms with Gasteiger partial charge in [-0.25, -0.2) is 4.98 Å². The average Bonchev–Trinajstić information content (AvgIpc) is 2.69. The first-order valence-electron chi connectivity index (χ1n) is 5.39. The van der Waals surface area contributed by atoms with Crippen molar-refractivity contribution in [2.75, 3.05) is 5.75 Å². The number of fused-ring (bicyclic) bond motifs is 1. The van der Waals surface area contributed by atoms with Crippen LogP contribution >= 0.6 is 11.8 Å². The van der Waals surface area contributed by atoms with Crippen molar-refractivity contribution in [3.05, 3.63) is 24.3 Å². The summed E-state index contributed by atoms with van der Waals surface area (Å²) in [6.45, 7) is 2.02. The maximum atomic E-state index is 11.4. The summed E-state index contributed by atoms with van der Waals surface area (Å²) in [5, 5.41) is 0.825. The summed E-state index contributed by atoms with van der Waals surface area (Å²) < 4.78 is 0. The summed E-state index contributed by atoms with van der Waals surface area (Å²) in [4.78, 5) is 19.0. The number of carbonyl (C=O) groups is 1. The Bertz CT molecular complexity index is 459. The number of para-hydroxylation sites is 2. The molecule has 1 aromatic carbocycles. The number of thioether (sulfide) groups is 1. The van der Waals surface area contributed by atoms with Crippen molar-refractivity contribution in [1.82, 2.24) is 9.97 Å². The second-order valence-corrected chi connectivity index (χ2v) is 4.60. The van der Waals surface area contributed by atoms with E-state index in [2.05, 4.69) is 9.97 Å². The van der Waals surface area contributed by atoms with Gasteiger partial charge in [-0.3, -0.25) is 4.79 Å². The van der Waals surface area contributed by atoms with Gasteiger partial charge in [0.05, 0.1) is 16.8 Å². The molecule has 0 amide bonds. The fraction of sp³-hybridized carbons (Fsp3) is 0.333. The van der Waals surface area contributed by atoms with E-state index in [0.29, 0.717) is 12.2 Å². The van der Waals surface area contributed by atoms with Gasteiger partial charge in [0.1, 0.15) is 5.78 Å². The lowest BCUT2D eigenvalue weighted by atomic mass is 10.3. The minimum absolute atomic E-state index is 0.285. The highest BCUT2D eigenvalue weighted by atomic mass is 32.2. The Hall–Kier alpha value is -1.29. The predicted octanol–water partition coefficient (Wildman–Crippen LogP) is 3.02. The third kappa shape index (κ3) is 2.64. The molecule has 0 saturated heterocycles. The normalized spacial score (nSPS) is 10.8. The van der Waals surface area contributed by atoms with Crippen molar-refractivity contribution >= 4 is 28.6 Å². The molecule has 0 aliphatic carbocycles. The lowest BCUT2D eigenvalue weighted by Crippen LogP contribution is -2.00. The van der Waals surface area contributed by atoms with Gasteiger partial charge in [0, 0.05) is 6.42 Å². The molecule has 16 heavy (non-hydrogen) atoms. The Morgan fingerprint density at radius 3 is 3.00 bits per heavy atom. The number of aromatic nitrogens is 2. The molecule has 1 N–H and O–H groups in total. The molecule has 0 spiro atoms. The van der Waals surface area contributed by atoms with Gasteiger partial charge in [0.2, 0.25) is 0 Å². The Morgan fingerprint density at radius 2 is 2.25 bits per heavy atom. The molecular weight excluding hydrogens is 220 g/mol. The second kappa shape index (κ2) is 5.16. The van der Waals surface area contributed by atoms with Crippen molar-refractivity contribution in [2.45, 2.75) is 24.9 Å². The molecule has 1 aromatic heterocycles. The summed E-state index contributed by atoms with van der Waals surface area (Å²) in [6, 6.07) is 7.88. The van der Waals surface area contributed by atoms with Crippen LogP contribution in [0.5, 0.6) is 0 Å². The van der Waals surface area contributed by atoms with Crippen LogP contribution in [0.15, 0.2) is 29.4 Å².